The molecule has 2 rings (SSSR count). The van der Waals surface area contributed by atoms with Crippen molar-refractivity contribution >= 4 is 17.6 Å². The number of nitrogens with zero attached hydrogens (tertiary/aromatic N) is 2. The molecule has 0 radical (unpaired) electrons. The van der Waals surface area contributed by atoms with Gasteiger partial charge in [-0.1, -0.05) is 33.6 Å². The van der Waals surface area contributed by atoms with Crippen molar-refractivity contribution in [2.75, 3.05) is 11.9 Å². The molecule has 1 aromatic heterocycles. The van der Waals surface area contributed by atoms with Gasteiger partial charge >= 0.3 is 0 Å². The Kier molecular flexibility index (Phi) is 6.14. The minimum Gasteiger partial charge on any atom is -0.370 e. The molecule has 1 saturated carbocycles. The van der Waals surface area contributed by atoms with Gasteiger partial charge in [0.2, 0.25) is 0 Å². The van der Waals surface area contributed by atoms with Crippen LogP contribution in [-0.4, -0.2) is 21.8 Å². The van der Waals surface area contributed by atoms with Crippen LogP contribution in [0, 0.1) is 5.92 Å². The Bertz CT molecular complexity index is 422. The summed E-state index contributed by atoms with van der Waals surface area (Å²) in [5, 5.41) is 5.36. The summed E-state index contributed by atoms with van der Waals surface area (Å²) < 4.78 is 0. The maximum Gasteiger partial charge on any atom is 0.133 e. The molecule has 1 aliphatic carbocycles. The first-order valence-electron chi connectivity index (χ1n) is 7.99. The number of aromatic nitrogens is 2. The Morgan fingerprint density at radius 2 is 2.15 bits per heavy atom. The van der Waals surface area contributed by atoms with E-state index >= 15 is 0 Å². The summed E-state index contributed by atoms with van der Waals surface area (Å²) in [6.07, 6.45) is 9.26. The third-order valence-corrected chi connectivity index (χ3v) is 5.30. The first-order chi connectivity index (χ1) is 9.74. The highest BCUT2D eigenvalue weighted by Gasteiger charge is 2.22. The van der Waals surface area contributed by atoms with Crippen molar-refractivity contribution < 1.29 is 0 Å². The molecule has 0 saturated heterocycles. The third-order valence-electron chi connectivity index (χ3n) is 3.97. The van der Waals surface area contributed by atoms with Gasteiger partial charge < -0.3 is 5.32 Å². The minimum atomic E-state index is 0.734. The Hall–Kier alpha value is -0.770. The molecule has 4 heteroatoms. The highest BCUT2D eigenvalue weighted by atomic mass is 32.2. The monoisotopic (exact) mass is 293 g/mol. The van der Waals surface area contributed by atoms with Crippen LogP contribution < -0.4 is 5.32 Å². The lowest BCUT2D eigenvalue weighted by Crippen LogP contribution is -2.16. The summed E-state index contributed by atoms with van der Waals surface area (Å²) in [5.41, 5.74) is 1.30. The zero-order valence-corrected chi connectivity index (χ0v) is 13.8. The second-order valence-corrected chi connectivity index (χ2v) is 7.09. The van der Waals surface area contributed by atoms with Crippen LogP contribution in [0.5, 0.6) is 0 Å². The predicted octanol–water partition coefficient (Wildman–Crippen LogP) is 4.53. The van der Waals surface area contributed by atoms with E-state index in [1.807, 2.05) is 11.8 Å². The molecule has 1 aromatic rings. The molecular formula is C16H27N3S. The van der Waals surface area contributed by atoms with E-state index in [9.17, 15) is 0 Å². The number of rotatable bonds is 6. The van der Waals surface area contributed by atoms with Gasteiger partial charge in [0.1, 0.15) is 17.2 Å². The van der Waals surface area contributed by atoms with E-state index in [0.717, 1.165) is 36.4 Å². The second kappa shape index (κ2) is 7.87. The molecule has 20 heavy (non-hydrogen) atoms. The van der Waals surface area contributed by atoms with Crippen LogP contribution in [0.4, 0.5) is 5.82 Å². The minimum absolute atomic E-state index is 0.734. The van der Waals surface area contributed by atoms with Crippen LogP contribution in [0.25, 0.3) is 0 Å². The summed E-state index contributed by atoms with van der Waals surface area (Å²) in [4.78, 5) is 8.97. The molecule has 2 unspecified atom stereocenters. The van der Waals surface area contributed by atoms with E-state index in [4.69, 9.17) is 0 Å². The van der Waals surface area contributed by atoms with E-state index in [1.165, 1.54) is 36.3 Å². The Morgan fingerprint density at radius 1 is 1.30 bits per heavy atom. The molecule has 0 aromatic carbocycles. The molecule has 112 valence electrons. The molecule has 1 fully saturated rings. The Balaban J connectivity index is 2.09. The highest BCUT2D eigenvalue weighted by molar-refractivity contribution is 7.99. The lowest BCUT2D eigenvalue weighted by atomic mass is 9.91. The third kappa shape index (κ3) is 4.11. The summed E-state index contributed by atoms with van der Waals surface area (Å²) >= 11 is 1.98. The summed E-state index contributed by atoms with van der Waals surface area (Å²) in [7, 11) is 0. The van der Waals surface area contributed by atoms with Crippen LogP contribution in [-0.2, 0) is 6.42 Å². The average molecular weight is 293 g/mol. The van der Waals surface area contributed by atoms with Crippen LogP contribution in [0.15, 0.2) is 11.4 Å². The topological polar surface area (TPSA) is 37.8 Å². The number of nitrogens with one attached hydrogen (secondary N) is 1. The molecular weight excluding hydrogens is 266 g/mol. The molecule has 1 heterocycles. The van der Waals surface area contributed by atoms with E-state index in [0.29, 0.717) is 0 Å². The molecule has 1 N–H and O–H groups in total. The van der Waals surface area contributed by atoms with Crippen molar-refractivity contribution in [2.24, 2.45) is 5.92 Å². The fourth-order valence-electron chi connectivity index (χ4n) is 2.86. The number of hydrogen-bond acceptors (Lipinski definition) is 4. The molecule has 0 amide bonds. The molecule has 0 spiro atoms. The SMILES string of the molecule is CCCNc1ncnc(SC2CCCC(C)C2)c1CC. The van der Waals surface area contributed by atoms with Gasteiger partial charge in [0.15, 0.2) is 0 Å². The summed E-state index contributed by atoms with van der Waals surface area (Å²) in [6.45, 7) is 7.73. The predicted molar refractivity (Wildman–Crippen MR) is 87.5 cm³/mol. The van der Waals surface area contributed by atoms with Gasteiger partial charge in [0.05, 0.1) is 0 Å². The number of hydrogen-bond donors (Lipinski definition) is 1. The van der Waals surface area contributed by atoms with E-state index in [2.05, 4.69) is 36.1 Å². The van der Waals surface area contributed by atoms with E-state index < -0.39 is 0 Å². The van der Waals surface area contributed by atoms with E-state index in [1.54, 1.807) is 6.33 Å². The quantitative estimate of drug-likeness (QED) is 0.782. The van der Waals surface area contributed by atoms with Crippen LogP contribution >= 0.6 is 11.8 Å². The Morgan fingerprint density at radius 3 is 2.85 bits per heavy atom. The van der Waals surface area contributed by atoms with Crippen molar-refractivity contribution in [3.63, 3.8) is 0 Å². The van der Waals surface area contributed by atoms with Crippen LogP contribution in [0.1, 0.15) is 58.4 Å². The van der Waals surface area contributed by atoms with Gasteiger partial charge in [0, 0.05) is 17.4 Å². The van der Waals surface area contributed by atoms with Gasteiger partial charge in [-0.25, -0.2) is 9.97 Å². The van der Waals surface area contributed by atoms with Crippen molar-refractivity contribution in [3.8, 4) is 0 Å². The summed E-state index contributed by atoms with van der Waals surface area (Å²) in [5.74, 6) is 1.90. The van der Waals surface area contributed by atoms with Gasteiger partial charge in [-0.05, 0) is 31.6 Å². The van der Waals surface area contributed by atoms with Crippen molar-refractivity contribution in [3.05, 3.63) is 11.9 Å². The average Bonchev–Trinajstić information content (AvgIpc) is 2.45. The summed E-state index contributed by atoms with van der Waals surface area (Å²) in [6, 6.07) is 0. The first-order valence-corrected chi connectivity index (χ1v) is 8.86. The van der Waals surface area contributed by atoms with Crippen molar-refractivity contribution in [1.82, 2.24) is 9.97 Å². The zero-order chi connectivity index (χ0) is 14.4. The zero-order valence-electron chi connectivity index (χ0n) is 13.0. The molecule has 0 aliphatic heterocycles. The maximum atomic E-state index is 4.55. The number of thioether (sulfide) groups is 1. The van der Waals surface area contributed by atoms with Gasteiger partial charge in [-0.3, -0.25) is 0 Å². The molecule has 0 bridgehead atoms. The van der Waals surface area contributed by atoms with Crippen molar-refractivity contribution in [2.45, 2.75) is 69.6 Å². The smallest absolute Gasteiger partial charge is 0.133 e. The van der Waals surface area contributed by atoms with Gasteiger partial charge in [0.25, 0.3) is 0 Å². The maximum absolute atomic E-state index is 4.55. The fraction of sp³-hybridized carbons (Fsp3) is 0.750. The molecule has 2 atom stereocenters. The highest BCUT2D eigenvalue weighted by Crippen LogP contribution is 2.37. The van der Waals surface area contributed by atoms with Crippen LogP contribution in [0.2, 0.25) is 0 Å². The fourth-order valence-corrected chi connectivity index (χ4v) is 4.37. The standard InChI is InChI=1S/C16H27N3S/c1-4-9-17-15-14(5-2)16(19-11-18-15)20-13-8-6-7-12(3)10-13/h11-13H,4-10H2,1-3H3,(H,17,18,19). The molecule has 3 nitrogen and oxygen atoms in total. The second-order valence-electron chi connectivity index (χ2n) is 5.80. The van der Waals surface area contributed by atoms with Crippen LogP contribution in [0.3, 0.4) is 0 Å². The van der Waals surface area contributed by atoms with E-state index in [-0.39, 0.29) is 0 Å². The number of anilines is 1. The molecule has 1 aliphatic rings. The van der Waals surface area contributed by atoms with Gasteiger partial charge in [-0.2, -0.15) is 0 Å². The Labute approximate surface area is 127 Å². The lowest BCUT2D eigenvalue weighted by Gasteiger charge is -2.26. The lowest BCUT2D eigenvalue weighted by molar-refractivity contribution is 0.394. The first kappa shape index (κ1) is 15.6. The van der Waals surface area contributed by atoms with Crippen molar-refractivity contribution in [1.29, 1.82) is 0 Å². The largest absolute Gasteiger partial charge is 0.370 e. The normalized spacial score (nSPS) is 22.8. The van der Waals surface area contributed by atoms with Gasteiger partial charge in [-0.15, -0.1) is 11.8 Å².